The van der Waals surface area contributed by atoms with Crippen LogP contribution in [0.15, 0.2) is 24.3 Å². The number of ether oxygens (including phenoxy) is 1. The van der Waals surface area contributed by atoms with Crippen LogP contribution in [-0.2, 0) is 9.53 Å². The van der Waals surface area contributed by atoms with Crippen molar-refractivity contribution >= 4 is 5.97 Å². The van der Waals surface area contributed by atoms with Crippen LogP contribution in [0.2, 0.25) is 0 Å². The summed E-state index contributed by atoms with van der Waals surface area (Å²) < 4.78 is 39.8. The predicted octanol–water partition coefficient (Wildman–Crippen LogP) is 2.22. The maximum absolute atomic E-state index is 11.8. The van der Waals surface area contributed by atoms with Crippen LogP contribution >= 0.6 is 0 Å². The summed E-state index contributed by atoms with van der Waals surface area (Å²) in [6, 6.07) is 0. The Kier molecular flexibility index (Phi) is 4.23. The molecule has 0 saturated heterocycles. The lowest BCUT2D eigenvalue weighted by Crippen LogP contribution is -2.12. The van der Waals surface area contributed by atoms with Crippen molar-refractivity contribution in [2.75, 3.05) is 6.61 Å². The molecule has 0 bridgehead atoms. The monoisotopic (exact) mass is 194 g/mol. The van der Waals surface area contributed by atoms with Crippen molar-refractivity contribution in [3.63, 3.8) is 0 Å². The van der Waals surface area contributed by atoms with Gasteiger partial charge in [-0.3, -0.25) is 0 Å². The van der Waals surface area contributed by atoms with Crippen molar-refractivity contribution in [3.8, 4) is 0 Å². The van der Waals surface area contributed by atoms with Crippen LogP contribution in [0.1, 0.15) is 6.92 Å². The van der Waals surface area contributed by atoms with E-state index in [0.29, 0.717) is 6.08 Å². The number of alkyl halides is 3. The van der Waals surface area contributed by atoms with Gasteiger partial charge in [-0.1, -0.05) is 12.7 Å². The molecule has 0 fully saturated rings. The van der Waals surface area contributed by atoms with Gasteiger partial charge in [0, 0.05) is 11.6 Å². The zero-order valence-corrected chi connectivity index (χ0v) is 7.02. The molecule has 0 aromatic rings. The van der Waals surface area contributed by atoms with Gasteiger partial charge in [0.1, 0.15) is 6.61 Å². The molecule has 0 aliphatic rings. The van der Waals surface area contributed by atoms with Gasteiger partial charge in [-0.2, -0.15) is 13.2 Å². The maximum Gasteiger partial charge on any atom is 0.412 e. The van der Waals surface area contributed by atoms with E-state index >= 15 is 0 Å². The second kappa shape index (κ2) is 4.69. The predicted molar refractivity (Wildman–Crippen MR) is 41.0 cm³/mol. The number of hydrogen-bond donors (Lipinski definition) is 0. The van der Waals surface area contributed by atoms with Crippen molar-refractivity contribution in [3.05, 3.63) is 24.3 Å². The lowest BCUT2D eigenvalue weighted by Gasteiger charge is -2.05. The Morgan fingerprint density at radius 1 is 1.54 bits per heavy atom. The van der Waals surface area contributed by atoms with E-state index in [4.69, 9.17) is 0 Å². The van der Waals surface area contributed by atoms with Gasteiger partial charge in [-0.25, -0.2) is 4.79 Å². The van der Waals surface area contributed by atoms with Crippen molar-refractivity contribution in [2.24, 2.45) is 0 Å². The summed E-state index contributed by atoms with van der Waals surface area (Å²) in [5.74, 6) is -1.02. The first-order chi connectivity index (χ1) is 5.88. The fourth-order valence-electron chi connectivity index (χ4n) is 0.441. The van der Waals surface area contributed by atoms with Crippen LogP contribution in [0.3, 0.4) is 0 Å². The average Bonchev–Trinajstić information content (AvgIpc) is 1.99. The zero-order chi connectivity index (χ0) is 10.5. The molecule has 0 saturated carbocycles. The summed E-state index contributed by atoms with van der Waals surface area (Å²) >= 11 is 0. The third-order valence-corrected chi connectivity index (χ3v) is 1.12. The fraction of sp³-hybridized carbons (Fsp3) is 0.375. The molecule has 2 nitrogen and oxygen atoms in total. The zero-order valence-electron chi connectivity index (χ0n) is 7.02. The number of carbonyl (C=O) groups excluding carboxylic acids is 1. The van der Waals surface area contributed by atoms with Gasteiger partial charge < -0.3 is 4.74 Å². The first kappa shape index (κ1) is 11.7. The van der Waals surface area contributed by atoms with Crippen LogP contribution in [0, 0.1) is 0 Å². The van der Waals surface area contributed by atoms with Crippen LogP contribution in [0.5, 0.6) is 0 Å². The quantitative estimate of drug-likeness (QED) is 0.391. The molecule has 0 amide bonds. The number of hydrogen-bond acceptors (Lipinski definition) is 2. The number of halogens is 3. The molecular weight excluding hydrogens is 185 g/mol. The van der Waals surface area contributed by atoms with Gasteiger partial charge in [0.15, 0.2) is 0 Å². The number of carbonyl (C=O) groups is 1. The van der Waals surface area contributed by atoms with E-state index in [9.17, 15) is 18.0 Å². The molecule has 0 rings (SSSR count). The second-order valence-electron chi connectivity index (χ2n) is 2.24. The first-order valence-electron chi connectivity index (χ1n) is 3.41. The van der Waals surface area contributed by atoms with Crippen molar-refractivity contribution in [1.82, 2.24) is 0 Å². The SMILES string of the molecule is C=CCOC(=O)C=C(C)C(F)(F)F. The molecule has 0 aromatic carbocycles. The number of allylic oxidation sites excluding steroid dienone is 1. The first-order valence-corrected chi connectivity index (χ1v) is 3.41. The molecular formula is C8H9F3O2. The molecule has 0 spiro atoms. The molecule has 0 atom stereocenters. The van der Waals surface area contributed by atoms with Crippen molar-refractivity contribution in [2.45, 2.75) is 13.1 Å². The van der Waals surface area contributed by atoms with Gasteiger partial charge in [-0.15, -0.1) is 0 Å². The molecule has 0 aliphatic heterocycles. The topological polar surface area (TPSA) is 26.3 Å². The van der Waals surface area contributed by atoms with Gasteiger partial charge in [0.25, 0.3) is 0 Å². The highest BCUT2D eigenvalue weighted by Crippen LogP contribution is 2.24. The van der Waals surface area contributed by atoms with E-state index in [1.165, 1.54) is 6.08 Å². The number of esters is 1. The van der Waals surface area contributed by atoms with Gasteiger partial charge in [0.05, 0.1) is 0 Å². The summed E-state index contributed by atoms with van der Waals surface area (Å²) in [6.07, 6.45) is -2.80. The summed E-state index contributed by atoms with van der Waals surface area (Å²) in [5, 5.41) is 0. The Hall–Kier alpha value is -1.26. The lowest BCUT2D eigenvalue weighted by molar-refractivity contribution is -0.137. The molecule has 0 N–H and O–H groups in total. The van der Waals surface area contributed by atoms with Gasteiger partial charge >= 0.3 is 12.1 Å². The minimum atomic E-state index is -4.48. The molecule has 0 unspecified atom stereocenters. The maximum atomic E-state index is 11.8. The molecule has 0 aliphatic carbocycles. The van der Waals surface area contributed by atoms with Crippen LogP contribution in [-0.4, -0.2) is 18.8 Å². The van der Waals surface area contributed by atoms with Gasteiger partial charge in [-0.05, 0) is 6.92 Å². The Morgan fingerprint density at radius 3 is 2.46 bits per heavy atom. The van der Waals surface area contributed by atoms with E-state index in [1.807, 2.05) is 0 Å². The van der Waals surface area contributed by atoms with E-state index in [2.05, 4.69) is 11.3 Å². The molecule has 13 heavy (non-hydrogen) atoms. The normalized spacial score (nSPS) is 12.5. The summed E-state index contributed by atoms with van der Waals surface area (Å²) in [6.45, 7) is 3.94. The largest absolute Gasteiger partial charge is 0.458 e. The highest BCUT2D eigenvalue weighted by molar-refractivity contribution is 5.82. The van der Waals surface area contributed by atoms with Crippen molar-refractivity contribution in [1.29, 1.82) is 0 Å². The van der Waals surface area contributed by atoms with E-state index in [1.54, 1.807) is 0 Å². The number of rotatable bonds is 3. The molecule has 74 valence electrons. The standard InChI is InChI=1S/C8H9F3O2/c1-3-4-13-7(12)5-6(2)8(9,10)11/h3,5H,1,4H2,2H3. The Labute approximate surface area is 73.7 Å². The Balaban J connectivity index is 4.22. The van der Waals surface area contributed by atoms with E-state index in [-0.39, 0.29) is 6.61 Å². The highest BCUT2D eigenvalue weighted by atomic mass is 19.4. The third-order valence-electron chi connectivity index (χ3n) is 1.12. The van der Waals surface area contributed by atoms with E-state index < -0.39 is 17.7 Å². The highest BCUT2D eigenvalue weighted by Gasteiger charge is 2.30. The van der Waals surface area contributed by atoms with Crippen LogP contribution < -0.4 is 0 Å². The molecule has 5 heteroatoms. The summed E-state index contributed by atoms with van der Waals surface area (Å²) in [7, 11) is 0. The summed E-state index contributed by atoms with van der Waals surface area (Å²) in [4.78, 5) is 10.6. The Bertz CT molecular complexity index is 228. The summed E-state index contributed by atoms with van der Waals surface area (Å²) in [5.41, 5.74) is -0.985. The minimum absolute atomic E-state index is 0.0968. The Morgan fingerprint density at radius 2 is 2.08 bits per heavy atom. The van der Waals surface area contributed by atoms with Crippen LogP contribution in [0.4, 0.5) is 13.2 Å². The van der Waals surface area contributed by atoms with Crippen molar-refractivity contribution < 1.29 is 22.7 Å². The third kappa shape index (κ3) is 5.05. The second-order valence-corrected chi connectivity index (χ2v) is 2.24. The minimum Gasteiger partial charge on any atom is -0.458 e. The smallest absolute Gasteiger partial charge is 0.412 e. The van der Waals surface area contributed by atoms with E-state index in [0.717, 1.165) is 6.92 Å². The van der Waals surface area contributed by atoms with Gasteiger partial charge in [0.2, 0.25) is 0 Å². The lowest BCUT2D eigenvalue weighted by atomic mass is 10.3. The molecule has 0 aromatic heterocycles. The molecule has 0 heterocycles. The fourth-order valence-corrected chi connectivity index (χ4v) is 0.441. The van der Waals surface area contributed by atoms with Crippen LogP contribution in [0.25, 0.3) is 0 Å². The average molecular weight is 194 g/mol. The molecule has 0 radical (unpaired) electrons.